The van der Waals surface area contributed by atoms with Gasteiger partial charge < -0.3 is 10.0 Å². The van der Waals surface area contributed by atoms with Gasteiger partial charge in [-0.25, -0.2) is 0 Å². The van der Waals surface area contributed by atoms with Crippen molar-refractivity contribution in [1.29, 1.82) is 0 Å². The summed E-state index contributed by atoms with van der Waals surface area (Å²) >= 11 is 0. The molecule has 1 aromatic rings. The average molecular weight is 231 g/mol. The maximum Gasteiger partial charge on any atom is 0.104 e. The lowest BCUT2D eigenvalue weighted by atomic mass is 9.89. The van der Waals surface area contributed by atoms with Gasteiger partial charge in [0.25, 0.3) is 0 Å². The highest BCUT2D eigenvalue weighted by atomic mass is 16.3. The minimum atomic E-state index is -0.633. The maximum atomic E-state index is 10.8. The van der Waals surface area contributed by atoms with Crippen LogP contribution in [-0.2, 0) is 18.4 Å². The van der Waals surface area contributed by atoms with Crippen molar-refractivity contribution in [2.24, 2.45) is 0 Å². The predicted molar refractivity (Wildman–Crippen MR) is 69.1 cm³/mol. The molecule has 2 unspecified atom stereocenters. The van der Waals surface area contributed by atoms with Crippen molar-refractivity contribution in [3.63, 3.8) is 0 Å². The molecule has 2 aliphatic rings. The number of fused-ring (bicyclic) bond motifs is 1. The Bertz CT molecular complexity index is 431. The zero-order chi connectivity index (χ0) is 12.0. The molecule has 92 valence electrons. The van der Waals surface area contributed by atoms with Crippen molar-refractivity contribution in [1.82, 2.24) is 4.90 Å². The fourth-order valence-electron chi connectivity index (χ4n) is 3.35. The highest BCUT2D eigenvalue weighted by Crippen LogP contribution is 2.36. The molecule has 3 rings (SSSR count). The van der Waals surface area contributed by atoms with Gasteiger partial charge in [-0.3, -0.25) is 0 Å². The Morgan fingerprint density at radius 3 is 2.76 bits per heavy atom. The fraction of sp³-hybridized carbons (Fsp3) is 0.600. The number of likely N-dealkylation sites (N-methyl/N-ethyl adjacent to an activating group) is 1. The molecule has 1 N–H and O–H groups in total. The molecule has 0 radical (unpaired) electrons. The first kappa shape index (κ1) is 11.2. The van der Waals surface area contributed by atoms with E-state index in [1.807, 2.05) is 0 Å². The van der Waals surface area contributed by atoms with Crippen LogP contribution in [0, 0.1) is 0 Å². The molecule has 2 nitrogen and oxygen atoms in total. The molecule has 1 aromatic carbocycles. The molecule has 2 atom stereocenters. The van der Waals surface area contributed by atoms with Crippen molar-refractivity contribution >= 4 is 0 Å². The highest BCUT2D eigenvalue weighted by Gasteiger charge is 2.40. The Balaban J connectivity index is 1.94. The van der Waals surface area contributed by atoms with E-state index in [9.17, 15) is 5.11 Å². The molecule has 17 heavy (non-hydrogen) atoms. The van der Waals surface area contributed by atoms with Crippen LogP contribution in [-0.4, -0.2) is 29.6 Å². The summed E-state index contributed by atoms with van der Waals surface area (Å²) in [5.74, 6) is 0. The molecule has 1 saturated heterocycles. The van der Waals surface area contributed by atoms with Gasteiger partial charge in [0.2, 0.25) is 0 Å². The molecule has 0 aromatic heterocycles. The van der Waals surface area contributed by atoms with Gasteiger partial charge in [-0.2, -0.15) is 0 Å². The van der Waals surface area contributed by atoms with E-state index < -0.39 is 5.60 Å². The lowest BCUT2D eigenvalue weighted by Gasteiger charge is -2.23. The van der Waals surface area contributed by atoms with Gasteiger partial charge in [0.1, 0.15) is 5.60 Å². The summed E-state index contributed by atoms with van der Waals surface area (Å²) in [6, 6.07) is 7.07. The number of likely N-dealkylation sites (tertiary alicyclic amines) is 1. The Hall–Kier alpha value is -0.860. The fourth-order valence-corrected chi connectivity index (χ4v) is 3.35. The summed E-state index contributed by atoms with van der Waals surface area (Å²) in [7, 11) is 2.09. The van der Waals surface area contributed by atoms with Crippen LogP contribution >= 0.6 is 0 Å². The maximum absolute atomic E-state index is 10.8. The Kier molecular flexibility index (Phi) is 2.53. The quantitative estimate of drug-likeness (QED) is 0.800. The zero-order valence-electron chi connectivity index (χ0n) is 10.7. The van der Waals surface area contributed by atoms with E-state index in [1.54, 1.807) is 0 Å². The van der Waals surface area contributed by atoms with Crippen molar-refractivity contribution in [2.75, 3.05) is 13.6 Å². The third kappa shape index (κ3) is 1.80. The standard InChI is InChI=1S/C15H21NO/c1-11-9-15(17,10-16(11)2)14-7-6-12-4-3-5-13(12)8-14/h6-8,11,17H,3-5,9-10H2,1-2H3. The van der Waals surface area contributed by atoms with Gasteiger partial charge in [-0.05, 0) is 56.3 Å². The number of aryl methyl sites for hydroxylation is 2. The number of hydrogen-bond donors (Lipinski definition) is 1. The highest BCUT2D eigenvalue weighted by molar-refractivity contribution is 5.38. The lowest BCUT2D eigenvalue weighted by Crippen LogP contribution is -2.29. The zero-order valence-corrected chi connectivity index (χ0v) is 10.7. The minimum absolute atomic E-state index is 0.466. The summed E-state index contributed by atoms with van der Waals surface area (Å²) < 4.78 is 0. The van der Waals surface area contributed by atoms with Gasteiger partial charge in [-0.15, -0.1) is 0 Å². The third-order valence-corrected chi connectivity index (χ3v) is 4.53. The lowest BCUT2D eigenvalue weighted by molar-refractivity contribution is 0.0485. The molecule has 2 heteroatoms. The summed E-state index contributed by atoms with van der Waals surface area (Å²) in [6.45, 7) is 2.94. The van der Waals surface area contributed by atoms with E-state index in [0.29, 0.717) is 6.04 Å². The summed E-state index contributed by atoms with van der Waals surface area (Å²) in [4.78, 5) is 2.24. The van der Waals surface area contributed by atoms with Gasteiger partial charge >= 0.3 is 0 Å². The van der Waals surface area contributed by atoms with Crippen LogP contribution in [0.15, 0.2) is 18.2 Å². The van der Waals surface area contributed by atoms with Crippen LogP contribution < -0.4 is 0 Å². The van der Waals surface area contributed by atoms with Crippen LogP contribution in [0.1, 0.15) is 36.5 Å². The SMILES string of the molecule is CC1CC(O)(c2ccc3c(c2)CCC3)CN1C. The van der Waals surface area contributed by atoms with Gasteiger partial charge in [0.05, 0.1) is 0 Å². The second-order valence-electron chi connectivity index (χ2n) is 5.84. The van der Waals surface area contributed by atoms with E-state index in [2.05, 4.69) is 37.1 Å². The number of benzene rings is 1. The van der Waals surface area contributed by atoms with Crippen molar-refractivity contribution < 1.29 is 5.11 Å². The smallest absolute Gasteiger partial charge is 0.104 e. The van der Waals surface area contributed by atoms with E-state index in [4.69, 9.17) is 0 Å². The molecule has 0 amide bonds. The second kappa shape index (κ2) is 3.82. The van der Waals surface area contributed by atoms with Crippen molar-refractivity contribution in [3.05, 3.63) is 34.9 Å². The molecule has 1 fully saturated rings. The van der Waals surface area contributed by atoms with E-state index in [0.717, 1.165) is 18.5 Å². The molecule has 0 saturated carbocycles. The van der Waals surface area contributed by atoms with E-state index >= 15 is 0 Å². The second-order valence-corrected chi connectivity index (χ2v) is 5.84. The summed E-state index contributed by atoms with van der Waals surface area (Å²) in [5.41, 5.74) is 3.43. The number of rotatable bonds is 1. The van der Waals surface area contributed by atoms with Crippen LogP contribution in [0.5, 0.6) is 0 Å². The number of nitrogens with zero attached hydrogens (tertiary/aromatic N) is 1. The Morgan fingerprint density at radius 2 is 2.06 bits per heavy atom. The first-order valence-corrected chi connectivity index (χ1v) is 6.63. The van der Waals surface area contributed by atoms with Crippen LogP contribution in [0.3, 0.4) is 0 Å². The third-order valence-electron chi connectivity index (χ3n) is 4.53. The summed E-state index contributed by atoms with van der Waals surface area (Å²) in [6.07, 6.45) is 4.52. The van der Waals surface area contributed by atoms with Gasteiger partial charge in [-0.1, -0.05) is 18.2 Å². The normalized spacial score (nSPS) is 33.0. The molecule has 1 aliphatic heterocycles. The number of aliphatic hydroxyl groups is 1. The topological polar surface area (TPSA) is 23.5 Å². The summed E-state index contributed by atoms with van der Waals surface area (Å²) in [5, 5.41) is 10.8. The van der Waals surface area contributed by atoms with Crippen LogP contribution in [0.4, 0.5) is 0 Å². The van der Waals surface area contributed by atoms with Crippen LogP contribution in [0.2, 0.25) is 0 Å². The average Bonchev–Trinajstić information content (AvgIpc) is 2.84. The van der Waals surface area contributed by atoms with Gasteiger partial charge in [0.15, 0.2) is 0 Å². The minimum Gasteiger partial charge on any atom is -0.384 e. The molecule has 1 aliphatic carbocycles. The Labute approximate surface area is 103 Å². The number of hydrogen-bond acceptors (Lipinski definition) is 2. The van der Waals surface area contributed by atoms with E-state index in [1.165, 1.54) is 30.4 Å². The molecule has 1 heterocycles. The van der Waals surface area contributed by atoms with Crippen molar-refractivity contribution in [3.8, 4) is 0 Å². The largest absolute Gasteiger partial charge is 0.384 e. The number of β-amino-alcohol motifs (C(OH)–C–C–N with tert-alkyl or cyclic N) is 1. The predicted octanol–water partition coefficient (Wildman–Crippen LogP) is 2.09. The monoisotopic (exact) mass is 231 g/mol. The first-order valence-electron chi connectivity index (χ1n) is 6.63. The molecule has 0 bridgehead atoms. The Morgan fingerprint density at radius 1 is 1.29 bits per heavy atom. The van der Waals surface area contributed by atoms with Gasteiger partial charge in [0, 0.05) is 12.6 Å². The van der Waals surface area contributed by atoms with Crippen LogP contribution in [0.25, 0.3) is 0 Å². The van der Waals surface area contributed by atoms with Crippen molar-refractivity contribution in [2.45, 2.75) is 44.2 Å². The van der Waals surface area contributed by atoms with E-state index in [-0.39, 0.29) is 0 Å². The molecular formula is C15H21NO. The molecule has 0 spiro atoms. The molecular weight excluding hydrogens is 210 g/mol. The first-order chi connectivity index (χ1) is 8.08.